The number of benzene rings is 1. The monoisotopic (exact) mass is 286 g/mol. The molecule has 1 N–H and O–H groups in total. The third-order valence-corrected chi connectivity index (χ3v) is 2.70. The maximum absolute atomic E-state index is 8.69. The number of anilines is 2. The fourth-order valence-electron chi connectivity index (χ4n) is 1.75. The van der Waals surface area contributed by atoms with E-state index in [-0.39, 0.29) is 5.69 Å². The fourth-order valence-corrected chi connectivity index (χ4v) is 1.75. The van der Waals surface area contributed by atoms with Crippen molar-refractivity contribution < 1.29 is 14.2 Å². The van der Waals surface area contributed by atoms with Gasteiger partial charge >= 0.3 is 0 Å². The molecular formula is C14H14N4O3. The van der Waals surface area contributed by atoms with Crippen LogP contribution in [0, 0.1) is 11.3 Å². The number of hydrogen-bond acceptors (Lipinski definition) is 7. The second-order valence-corrected chi connectivity index (χ2v) is 3.94. The Balaban J connectivity index is 2.33. The standard InChI is InChI=1S/C14H14N4O3/c1-19-11-4-9(5-12(20-2)14(11)21-3)18-13-8-16-10(6-15)7-17-13/h4-5,7-8H,1-3H3,(H,17,18). The van der Waals surface area contributed by atoms with Crippen LogP contribution in [0.5, 0.6) is 17.2 Å². The van der Waals surface area contributed by atoms with Crippen molar-refractivity contribution in [2.75, 3.05) is 26.6 Å². The minimum Gasteiger partial charge on any atom is -0.493 e. The van der Waals surface area contributed by atoms with Gasteiger partial charge in [0.2, 0.25) is 5.75 Å². The number of hydrogen-bond donors (Lipinski definition) is 1. The molecule has 0 fully saturated rings. The van der Waals surface area contributed by atoms with Gasteiger partial charge in [-0.1, -0.05) is 0 Å². The molecule has 0 spiro atoms. The number of methoxy groups -OCH3 is 3. The van der Waals surface area contributed by atoms with Crippen LogP contribution >= 0.6 is 0 Å². The van der Waals surface area contributed by atoms with Gasteiger partial charge in [-0.05, 0) is 0 Å². The van der Waals surface area contributed by atoms with E-state index >= 15 is 0 Å². The van der Waals surface area contributed by atoms with Crippen LogP contribution in [-0.4, -0.2) is 31.3 Å². The van der Waals surface area contributed by atoms with Gasteiger partial charge < -0.3 is 19.5 Å². The lowest BCUT2D eigenvalue weighted by atomic mass is 10.2. The molecule has 0 saturated heterocycles. The van der Waals surface area contributed by atoms with E-state index in [1.807, 2.05) is 6.07 Å². The first-order valence-electron chi connectivity index (χ1n) is 6.01. The molecule has 0 aliphatic heterocycles. The summed E-state index contributed by atoms with van der Waals surface area (Å²) in [6.07, 6.45) is 2.86. The zero-order valence-corrected chi connectivity index (χ0v) is 11.9. The minimum absolute atomic E-state index is 0.255. The van der Waals surface area contributed by atoms with Crippen LogP contribution in [-0.2, 0) is 0 Å². The molecular weight excluding hydrogens is 272 g/mol. The molecule has 0 atom stereocenters. The van der Waals surface area contributed by atoms with Gasteiger partial charge in [0.05, 0.1) is 33.7 Å². The van der Waals surface area contributed by atoms with Crippen molar-refractivity contribution in [3.05, 3.63) is 30.2 Å². The second-order valence-electron chi connectivity index (χ2n) is 3.94. The van der Waals surface area contributed by atoms with E-state index in [1.165, 1.54) is 12.4 Å². The molecule has 0 aliphatic rings. The molecule has 21 heavy (non-hydrogen) atoms. The van der Waals surface area contributed by atoms with Crippen LogP contribution in [0.2, 0.25) is 0 Å². The molecule has 0 aliphatic carbocycles. The van der Waals surface area contributed by atoms with Crippen LogP contribution in [0.15, 0.2) is 24.5 Å². The van der Waals surface area contributed by atoms with Gasteiger partial charge in [0.25, 0.3) is 0 Å². The minimum atomic E-state index is 0.255. The van der Waals surface area contributed by atoms with Crippen molar-refractivity contribution >= 4 is 11.5 Å². The summed E-state index contributed by atoms with van der Waals surface area (Å²) in [5.74, 6) is 2.07. The maximum Gasteiger partial charge on any atom is 0.203 e. The summed E-state index contributed by atoms with van der Waals surface area (Å²) in [5.41, 5.74) is 0.953. The molecule has 0 radical (unpaired) electrons. The highest BCUT2D eigenvalue weighted by molar-refractivity contribution is 5.66. The average molecular weight is 286 g/mol. The Hall–Kier alpha value is -3.01. The van der Waals surface area contributed by atoms with Crippen LogP contribution in [0.25, 0.3) is 0 Å². The van der Waals surface area contributed by atoms with Crippen LogP contribution in [0.4, 0.5) is 11.5 Å². The molecule has 1 heterocycles. The smallest absolute Gasteiger partial charge is 0.203 e. The van der Waals surface area contributed by atoms with Crippen LogP contribution < -0.4 is 19.5 Å². The van der Waals surface area contributed by atoms with Gasteiger partial charge in [-0.15, -0.1) is 0 Å². The summed E-state index contributed by atoms with van der Waals surface area (Å²) < 4.78 is 15.8. The summed E-state index contributed by atoms with van der Waals surface area (Å²) in [6, 6.07) is 5.41. The molecule has 7 heteroatoms. The molecule has 0 amide bonds. The van der Waals surface area contributed by atoms with E-state index in [9.17, 15) is 0 Å². The highest BCUT2D eigenvalue weighted by Crippen LogP contribution is 2.40. The SMILES string of the molecule is COc1cc(Nc2cnc(C#N)cn2)cc(OC)c1OC. The van der Waals surface area contributed by atoms with Gasteiger partial charge in [0.15, 0.2) is 17.2 Å². The third-order valence-electron chi connectivity index (χ3n) is 2.70. The Morgan fingerprint density at radius 1 is 1.00 bits per heavy atom. The van der Waals surface area contributed by atoms with Crippen molar-refractivity contribution in [3.63, 3.8) is 0 Å². The quantitative estimate of drug-likeness (QED) is 0.900. The average Bonchev–Trinajstić information content (AvgIpc) is 2.54. The van der Waals surface area contributed by atoms with E-state index in [0.29, 0.717) is 28.8 Å². The van der Waals surface area contributed by atoms with E-state index in [0.717, 1.165) is 0 Å². The number of nitrogens with one attached hydrogen (secondary N) is 1. The van der Waals surface area contributed by atoms with E-state index in [2.05, 4.69) is 15.3 Å². The molecule has 108 valence electrons. The Morgan fingerprint density at radius 2 is 1.67 bits per heavy atom. The maximum atomic E-state index is 8.69. The number of rotatable bonds is 5. The lowest BCUT2D eigenvalue weighted by molar-refractivity contribution is 0.324. The molecule has 1 aromatic carbocycles. The molecule has 0 bridgehead atoms. The normalized spacial score (nSPS) is 9.62. The Bertz CT molecular complexity index is 640. The fraction of sp³-hybridized carbons (Fsp3) is 0.214. The van der Waals surface area contributed by atoms with E-state index in [1.54, 1.807) is 33.5 Å². The van der Waals surface area contributed by atoms with Crippen molar-refractivity contribution in [3.8, 4) is 23.3 Å². The molecule has 0 saturated carbocycles. The number of nitrogens with zero attached hydrogens (tertiary/aromatic N) is 3. The summed E-state index contributed by atoms with van der Waals surface area (Å²) >= 11 is 0. The van der Waals surface area contributed by atoms with Crippen LogP contribution in [0.3, 0.4) is 0 Å². The Morgan fingerprint density at radius 3 is 2.10 bits per heavy atom. The first kappa shape index (κ1) is 14.4. The number of aromatic nitrogens is 2. The zero-order valence-electron chi connectivity index (χ0n) is 11.9. The first-order valence-corrected chi connectivity index (χ1v) is 6.01. The topological polar surface area (TPSA) is 89.3 Å². The second kappa shape index (κ2) is 6.43. The van der Waals surface area contributed by atoms with Crippen molar-refractivity contribution in [1.29, 1.82) is 5.26 Å². The third kappa shape index (κ3) is 3.12. The van der Waals surface area contributed by atoms with Gasteiger partial charge in [-0.25, -0.2) is 9.97 Å². The molecule has 2 rings (SSSR count). The number of ether oxygens (including phenoxy) is 3. The van der Waals surface area contributed by atoms with Gasteiger partial charge in [0.1, 0.15) is 11.9 Å². The van der Waals surface area contributed by atoms with E-state index in [4.69, 9.17) is 19.5 Å². The van der Waals surface area contributed by atoms with Crippen LogP contribution in [0.1, 0.15) is 5.69 Å². The van der Waals surface area contributed by atoms with E-state index < -0.39 is 0 Å². The van der Waals surface area contributed by atoms with Gasteiger partial charge in [-0.2, -0.15) is 5.26 Å². The molecule has 0 unspecified atom stereocenters. The largest absolute Gasteiger partial charge is 0.493 e. The Kier molecular flexibility index (Phi) is 4.41. The summed E-state index contributed by atoms with van der Waals surface area (Å²) in [5, 5.41) is 11.8. The number of nitriles is 1. The summed E-state index contributed by atoms with van der Waals surface area (Å²) in [6.45, 7) is 0. The molecule has 7 nitrogen and oxygen atoms in total. The lowest BCUT2D eigenvalue weighted by Gasteiger charge is -2.14. The zero-order chi connectivity index (χ0) is 15.2. The van der Waals surface area contributed by atoms with Crippen molar-refractivity contribution in [1.82, 2.24) is 9.97 Å². The van der Waals surface area contributed by atoms with Gasteiger partial charge in [0, 0.05) is 17.8 Å². The predicted molar refractivity (Wildman–Crippen MR) is 76.1 cm³/mol. The summed E-state index contributed by atoms with van der Waals surface area (Å²) in [7, 11) is 4.63. The highest BCUT2D eigenvalue weighted by Gasteiger charge is 2.13. The summed E-state index contributed by atoms with van der Waals surface area (Å²) in [4.78, 5) is 8.03. The predicted octanol–water partition coefficient (Wildman–Crippen LogP) is 2.12. The lowest BCUT2D eigenvalue weighted by Crippen LogP contribution is -1.99. The van der Waals surface area contributed by atoms with Crippen molar-refractivity contribution in [2.45, 2.75) is 0 Å². The first-order chi connectivity index (χ1) is 10.2. The van der Waals surface area contributed by atoms with Crippen molar-refractivity contribution in [2.24, 2.45) is 0 Å². The van der Waals surface area contributed by atoms with Gasteiger partial charge in [-0.3, -0.25) is 0 Å². The molecule has 2 aromatic rings. The Labute approximate surface area is 122 Å². The highest BCUT2D eigenvalue weighted by atomic mass is 16.5. The molecule has 1 aromatic heterocycles.